The minimum absolute atomic E-state index is 0.0280. The molecule has 0 aliphatic rings. The Morgan fingerprint density at radius 2 is 1.53 bits per heavy atom. The van der Waals surface area contributed by atoms with Gasteiger partial charge in [0.1, 0.15) is 5.75 Å². The summed E-state index contributed by atoms with van der Waals surface area (Å²) < 4.78 is 41.6. The Bertz CT molecular complexity index is 1280. The predicted molar refractivity (Wildman–Crippen MR) is 136 cm³/mol. The highest BCUT2D eigenvalue weighted by Crippen LogP contribution is 2.29. The fourth-order valence-electron chi connectivity index (χ4n) is 3.53. The Balaban J connectivity index is 1.82. The zero-order chi connectivity index (χ0) is 27.9. The van der Waals surface area contributed by atoms with Crippen LogP contribution in [0.25, 0.3) is 0 Å². The van der Waals surface area contributed by atoms with E-state index in [4.69, 9.17) is 28.3 Å². The van der Waals surface area contributed by atoms with Crippen LogP contribution in [0.4, 0.5) is 18.9 Å². The molecule has 0 aliphatic heterocycles. The van der Waals surface area contributed by atoms with Gasteiger partial charge < -0.3 is 20.5 Å². The lowest BCUT2D eigenvalue weighted by Crippen LogP contribution is -2.26. The molecule has 1 unspecified atom stereocenters. The Kier molecular flexibility index (Phi) is 9.60. The van der Waals surface area contributed by atoms with Crippen LogP contribution in [-0.2, 0) is 16.0 Å². The van der Waals surface area contributed by atoms with Crippen molar-refractivity contribution in [2.24, 2.45) is 0 Å². The van der Waals surface area contributed by atoms with Crippen molar-refractivity contribution in [3.8, 4) is 5.75 Å². The zero-order valence-corrected chi connectivity index (χ0v) is 21.0. The fraction of sp³-hybridized carbons (Fsp3) is 0.192. The maximum atomic E-state index is 13.3. The molecule has 0 heterocycles. The molecule has 3 N–H and O–H groups in total. The maximum absolute atomic E-state index is 13.3. The second-order valence-electron chi connectivity index (χ2n) is 8.12. The van der Waals surface area contributed by atoms with E-state index >= 15 is 0 Å². The van der Waals surface area contributed by atoms with Crippen LogP contribution in [0.3, 0.4) is 0 Å². The smallest absolute Gasteiger partial charge is 0.481 e. The number of benzene rings is 3. The Morgan fingerprint density at radius 3 is 2.08 bits per heavy atom. The average Bonchev–Trinajstić information content (AvgIpc) is 2.81. The number of carbonyl (C=O) groups is 3. The van der Waals surface area contributed by atoms with Crippen LogP contribution in [-0.4, -0.2) is 35.8 Å². The largest absolute Gasteiger partial charge is 0.573 e. The van der Waals surface area contributed by atoms with Gasteiger partial charge in [0.25, 0.3) is 5.91 Å². The molecule has 0 saturated heterocycles. The van der Waals surface area contributed by atoms with E-state index in [2.05, 4.69) is 15.4 Å². The molecule has 0 bridgehead atoms. The summed E-state index contributed by atoms with van der Waals surface area (Å²) in [6, 6.07) is 15.8. The van der Waals surface area contributed by atoms with Crippen LogP contribution < -0.4 is 15.4 Å². The maximum Gasteiger partial charge on any atom is 0.573 e. The Labute approximate surface area is 225 Å². The molecule has 3 rings (SSSR count). The van der Waals surface area contributed by atoms with E-state index in [-0.39, 0.29) is 19.4 Å². The molecule has 0 aliphatic carbocycles. The number of carboxylic acid groups (broad SMARTS) is 1. The first-order valence-corrected chi connectivity index (χ1v) is 11.9. The van der Waals surface area contributed by atoms with Gasteiger partial charge in [-0.25, -0.2) is 0 Å². The van der Waals surface area contributed by atoms with E-state index in [9.17, 15) is 27.6 Å². The molecule has 3 aromatic carbocycles. The number of hydrogen-bond donors (Lipinski definition) is 3. The third-order valence-corrected chi connectivity index (χ3v) is 5.68. The van der Waals surface area contributed by atoms with Gasteiger partial charge in [-0.15, -0.1) is 13.2 Å². The summed E-state index contributed by atoms with van der Waals surface area (Å²) in [7, 11) is 0. The van der Waals surface area contributed by atoms with Crippen molar-refractivity contribution in [1.29, 1.82) is 0 Å². The molecule has 12 heteroatoms. The SMILES string of the molecule is O=C(O)CCNC(=O)c1ccc(CC(C(=O)Nc2cc(Cl)cc(Cl)c2)c2ccc(OC(F)(F)F)cc2)cc1. The fourth-order valence-corrected chi connectivity index (χ4v) is 4.06. The van der Waals surface area contributed by atoms with E-state index in [0.29, 0.717) is 32.4 Å². The van der Waals surface area contributed by atoms with E-state index in [1.807, 2.05) is 0 Å². The van der Waals surface area contributed by atoms with Crippen molar-refractivity contribution >= 4 is 46.7 Å². The van der Waals surface area contributed by atoms with Crippen LogP contribution >= 0.6 is 23.2 Å². The monoisotopic (exact) mass is 568 g/mol. The summed E-state index contributed by atoms with van der Waals surface area (Å²) in [4.78, 5) is 36.1. The van der Waals surface area contributed by atoms with Crippen molar-refractivity contribution in [3.63, 3.8) is 0 Å². The number of ether oxygens (including phenoxy) is 1. The number of carboxylic acids is 1. The van der Waals surface area contributed by atoms with E-state index in [0.717, 1.165) is 12.1 Å². The van der Waals surface area contributed by atoms with Crippen LogP contribution in [0, 0.1) is 0 Å². The standard InChI is InChI=1S/C26H21Cl2F3N2O5/c27-18-12-19(28)14-20(13-18)33-25(37)22(16-5-7-21(8-6-16)38-26(29,30)31)11-15-1-3-17(4-2-15)24(36)32-10-9-23(34)35/h1-8,12-14,22H,9-11H2,(H,32,36)(H,33,37)(H,34,35). The van der Waals surface area contributed by atoms with Crippen molar-refractivity contribution in [2.45, 2.75) is 25.1 Å². The number of rotatable bonds is 10. The molecule has 0 saturated carbocycles. The molecule has 0 radical (unpaired) electrons. The Morgan fingerprint density at radius 1 is 0.921 bits per heavy atom. The van der Waals surface area contributed by atoms with Gasteiger partial charge >= 0.3 is 12.3 Å². The highest BCUT2D eigenvalue weighted by atomic mass is 35.5. The van der Waals surface area contributed by atoms with Crippen molar-refractivity contribution < 1.29 is 37.4 Å². The quantitative estimate of drug-likeness (QED) is 0.275. The van der Waals surface area contributed by atoms with Gasteiger partial charge in [0.15, 0.2) is 0 Å². The molecule has 0 aromatic heterocycles. The number of alkyl halides is 3. The summed E-state index contributed by atoms with van der Waals surface area (Å²) in [6.07, 6.45) is -4.93. The molecular formula is C26H21Cl2F3N2O5. The van der Waals surface area contributed by atoms with Crippen LogP contribution in [0.15, 0.2) is 66.7 Å². The number of anilines is 1. The third kappa shape index (κ3) is 8.97. The molecule has 3 aromatic rings. The summed E-state index contributed by atoms with van der Waals surface area (Å²) in [5.74, 6) is -3.24. The number of amides is 2. The second-order valence-corrected chi connectivity index (χ2v) is 8.99. The lowest BCUT2D eigenvalue weighted by Gasteiger charge is -2.19. The second kappa shape index (κ2) is 12.7. The van der Waals surface area contributed by atoms with E-state index in [1.165, 1.54) is 42.5 Å². The van der Waals surface area contributed by atoms with E-state index in [1.54, 1.807) is 12.1 Å². The highest BCUT2D eigenvalue weighted by Gasteiger charge is 2.31. The average molecular weight is 569 g/mol. The van der Waals surface area contributed by atoms with Crippen molar-refractivity contribution in [2.75, 3.05) is 11.9 Å². The normalized spacial score (nSPS) is 11.9. The van der Waals surface area contributed by atoms with E-state index < -0.39 is 35.8 Å². The molecule has 38 heavy (non-hydrogen) atoms. The summed E-state index contributed by atoms with van der Waals surface area (Å²) in [6.45, 7) is -0.0280. The minimum atomic E-state index is -4.86. The number of nitrogens with one attached hydrogen (secondary N) is 2. The summed E-state index contributed by atoms with van der Waals surface area (Å²) in [5.41, 5.74) is 1.71. The molecule has 200 valence electrons. The molecular weight excluding hydrogens is 548 g/mol. The zero-order valence-electron chi connectivity index (χ0n) is 19.5. The van der Waals surface area contributed by atoms with Crippen LogP contribution in [0.1, 0.15) is 33.8 Å². The topological polar surface area (TPSA) is 105 Å². The van der Waals surface area contributed by atoms with Gasteiger partial charge in [-0.3, -0.25) is 14.4 Å². The van der Waals surface area contributed by atoms with Crippen LogP contribution in [0.2, 0.25) is 10.0 Å². The number of aliphatic carboxylic acids is 1. The van der Waals surface area contributed by atoms with Crippen LogP contribution in [0.5, 0.6) is 5.75 Å². The first-order chi connectivity index (χ1) is 17.9. The van der Waals surface area contributed by atoms with Gasteiger partial charge in [0, 0.05) is 27.8 Å². The lowest BCUT2D eigenvalue weighted by molar-refractivity contribution is -0.274. The summed E-state index contributed by atoms with van der Waals surface area (Å²) in [5, 5.41) is 14.5. The molecule has 1 atom stereocenters. The van der Waals surface area contributed by atoms with Crippen molar-refractivity contribution in [3.05, 3.63) is 93.5 Å². The number of hydrogen-bond acceptors (Lipinski definition) is 4. The summed E-state index contributed by atoms with van der Waals surface area (Å²) >= 11 is 12.0. The number of carbonyl (C=O) groups excluding carboxylic acids is 2. The molecule has 2 amide bonds. The van der Waals surface area contributed by atoms with Gasteiger partial charge in [-0.05, 0) is 60.0 Å². The number of halogens is 5. The van der Waals surface area contributed by atoms with Crippen molar-refractivity contribution in [1.82, 2.24) is 5.32 Å². The first kappa shape index (κ1) is 28.8. The minimum Gasteiger partial charge on any atom is -0.481 e. The van der Waals surface area contributed by atoms with Gasteiger partial charge in [0.05, 0.1) is 12.3 Å². The van der Waals surface area contributed by atoms with Gasteiger partial charge in [-0.1, -0.05) is 47.5 Å². The van der Waals surface area contributed by atoms with Gasteiger partial charge in [-0.2, -0.15) is 0 Å². The lowest BCUT2D eigenvalue weighted by atomic mass is 9.90. The Hall–Kier alpha value is -3.76. The third-order valence-electron chi connectivity index (χ3n) is 5.24. The molecule has 0 spiro atoms. The highest BCUT2D eigenvalue weighted by molar-refractivity contribution is 6.35. The van der Waals surface area contributed by atoms with Gasteiger partial charge in [0.2, 0.25) is 5.91 Å². The molecule has 7 nitrogen and oxygen atoms in total. The molecule has 0 fully saturated rings. The predicted octanol–water partition coefficient (Wildman–Crippen LogP) is 6.06. The first-order valence-electron chi connectivity index (χ1n) is 11.1.